The number of hydrogen-bond donors (Lipinski definition) is 1. The molecule has 6 heteroatoms. The molecule has 0 aliphatic rings. The Morgan fingerprint density at radius 1 is 1.15 bits per heavy atom. The van der Waals surface area contributed by atoms with Gasteiger partial charge in [-0.15, -0.1) is 0 Å². The van der Waals surface area contributed by atoms with E-state index in [-0.39, 0.29) is 12.4 Å². The molecular formula is C14H10BrF2NO2. The van der Waals surface area contributed by atoms with Crippen LogP contribution in [0, 0.1) is 11.6 Å². The van der Waals surface area contributed by atoms with Crippen LogP contribution in [0.3, 0.4) is 0 Å². The summed E-state index contributed by atoms with van der Waals surface area (Å²) in [6.45, 7) is -0.337. The van der Waals surface area contributed by atoms with Gasteiger partial charge in [-0.3, -0.25) is 4.79 Å². The zero-order valence-electron chi connectivity index (χ0n) is 10.2. The number of halogens is 3. The van der Waals surface area contributed by atoms with E-state index in [1.165, 1.54) is 36.4 Å². The Morgan fingerprint density at radius 2 is 1.85 bits per heavy atom. The molecule has 0 unspecified atom stereocenters. The van der Waals surface area contributed by atoms with Crippen LogP contribution in [0.15, 0.2) is 46.9 Å². The van der Waals surface area contributed by atoms with Crippen molar-refractivity contribution >= 4 is 27.5 Å². The SMILES string of the molecule is O=C(COc1ccc(Br)cc1F)Nc1ccc(F)cc1. The number of anilines is 1. The van der Waals surface area contributed by atoms with Gasteiger partial charge in [-0.2, -0.15) is 0 Å². The average Bonchev–Trinajstić information content (AvgIpc) is 2.40. The molecule has 0 radical (unpaired) electrons. The largest absolute Gasteiger partial charge is 0.481 e. The topological polar surface area (TPSA) is 38.3 Å². The smallest absolute Gasteiger partial charge is 0.262 e. The van der Waals surface area contributed by atoms with Crippen molar-refractivity contribution < 1.29 is 18.3 Å². The number of hydrogen-bond acceptors (Lipinski definition) is 2. The molecule has 0 aliphatic carbocycles. The number of carbonyl (C=O) groups is 1. The third-order valence-corrected chi connectivity index (χ3v) is 2.87. The van der Waals surface area contributed by atoms with Crippen LogP contribution in [0.25, 0.3) is 0 Å². The van der Waals surface area contributed by atoms with Gasteiger partial charge in [0.1, 0.15) is 5.82 Å². The minimum atomic E-state index is -0.561. The van der Waals surface area contributed by atoms with Crippen LogP contribution < -0.4 is 10.1 Å². The Hall–Kier alpha value is -1.95. The van der Waals surface area contributed by atoms with E-state index < -0.39 is 17.5 Å². The summed E-state index contributed by atoms with van der Waals surface area (Å²) in [5, 5.41) is 2.51. The van der Waals surface area contributed by atoms with Gasteiger partial charge in [-0.05, 0) is 42.5 Å². The quantitative estimate of drug-likeness (QED) is 0.919. The molecular weight excluding hydrogens is 332 g/mol. The number of ether oxygens (including phenoxy) is 1. The molecule has 20 heavy (non-hydrogen) atoms. The predicted octanol–water partition coefficient (Wildman–Crippen LogP) is 3.74. The molecule has 0 saturated heterocycles. The van der Waals surface area contributed by atoms with E-state index in [0.717, 1.165) is 0 Å². The lowest BCUT2D eigenvalue weighted by atomic mass is 10.3. The third-order valence-electron chi connectivity index (χ3n) is 2.38. The van der Waals surface area contributed by atoms with E-state index in [1.54, 1.807) is 6.07 Å². The summed E-state index contributed by atoms with van der Waals surface area (Å²) in [4.78, 5) is 11.6. The van der Waals surface area contributed by atoms with Crippen molar-refractivity contribution in [2.75, 3.05) is 11.9 Å². The monoisotopic (exact) mass is 341 g/mol. The summed E-state index contributed by atoms with van der Waals surface area (Å²) >= 11 is 3.12. The van der Waals surface area contributed by atoms with Crippen molar-refractivity contribution in [1.82, 2.24) is 0 Å². The Kier molecular flexibility index (Phi) is 4.68. The molecule has 0 heterocycles. The highest BCUT2D eigenvalue weighted by molar-refractivity contribution is 9.10. The summed E-state index contributed by atoms with van der Waals surface area (Å²) in [5.41, 5.74) is 0.441. The summed E-state index contributed by atoms with van der Waals surface area (Å²) in [5.74, 6) is -1.42. The van der Waals surface area contributed by atoms with Crippen molar-refractivity contribution in [3.05, 3.63) is 58.6 Å². The van der Waals surface area contributed by atoms with Crippen molar-refractivity contribution in [3.8, 4) is 5.75 Å². The van der Waals surface area contributed by atoms with E-state index in [1.807, 2.05) is 0 Å². The van der Waals surface area contributed by atoms with Gasteiger partial charge >= 0.3 is 0 Å². The molecule has 0 aromatic heterocycles. The summed E-state index contributed by atoms with van der Waals surface area (Å²) in [6, 6.07) is 9.57. The lowest BCUT2D eigenvalue weighted by Gasteiger charge is -2.08. The van der Waals surface area contributed by atoms with Crippen LogP contribution >= 0.6 is 15.9 Å². The zero-order valence-corrected chi connectivity index (χ0v) is 11.8. The summed E-state index contributed by atoms with van der Waals surface area (Å²) < 4.78 is 31.8. The van der Waals surface area contributed by atoms with E-state index >= 15 is 0 Å². The minimum Gasteiger partial charge on any atom is -0.481 e. The summed E-state index contributed by atoms with van der Waals surface area (Å²) in [6.07, 6.45) is 0. The molecule has 0 saturated carbocycles. The van der Waals surface area contributed by atoms with Crippen molar-refractivity contribution in [1.29, 1.82) is 0 Å². The molecule has 1 N–H and O–H groups in total. The lowest BCUT2D eigenvalue weighted by Crippen LogP contribution is -2.20. The average molecular weight is 342 g/mol. The minimum absolute atomic E-state index is 0.0116. The Balaban J connectivity index is 1.90. The number of amides is 1. The van der Waals surface area contributed by atoms with Gasteiger partial charge < -0.3 is 10.1 Å². The highest BCUT2D eigenvalue weighted by Gasteiger charge is 2.07. The van der Waals surface area contributed by atoms with E-state index in [0.29, 0.717) is 10.2 Å². The molecule has 0 spiro atoms. The van der Waals surface area contributed by atoms with Gasteiger partial charge in [0.15, 0.2) is 18.2 Å². The first-order valence-electron chi connectivity index (χ1n) is 5.68. The van der Waals surface area contributed by atoms with Crippen LogP contribution in [-0.2, 0) is 4.79 Å². The van der Waals surface area contributed by atoms with E-state index in [2.05, 4.69) is 21.2 Å². The van der Waals surface area contributed by atoms with Gasteiger partial charge in [0.25, 0.3) is 5.91 Å². The van der Waals surface area contributed by atoms with Crippen molar-refractivity contribution in [2.45, 2.75) is 0 Å². The molecule has 2 rings (SSSR count). The van der Waals surface area contributed by atoms with Crippen LogP contribution in [0.5, 0.6) is 5.75 Å². The predicted molar refractivity (Wildman–Crippen MR) is 74.6 cm³/mol. The van der Waals surface area contributed by atoms with E-state index in [4.69, 9.17) is 4.74 Å². The van der Waals surface area contributed by atoms with Crippen molar-refractivity contribution in [2.24, 2.45) is 0 Å². The molecule has 0 bridgehead atoms. The summed E-state index contributed by atoms with van der Waals surface area (Å²) in [7, 11) is 0. The van der Waals surface area contributed by atoms with Gasteiger partial charge in [-0.25, -0.2) is 8.78 Å². The second-order valence-corrected chi connectivity index (χ2v) is 4.83. The molecule has 2 aromatic carbocycles. The second kappa shape index (κ2) is 6.47. The fraction of sp³-hybridized carbons (Fsp3) is 0.0714. The first-order valence-corrected chi connectivity index (χ1v) is 6.47. The fourth-order valence-electron chi connectivity index (χ4n) is 1.47. The molecule has 0 aliphatic heterocycles. The maximum absolute atomic E-state index is 13.4. The highest BCUT2D eigenvalue weighted by Crippen LogP contribution is 2.21. The molecule has 1 amide bonds. The van der Waals surface area contributed by atoms with Crippen molar-refractivity contribution in [3.63, 3.8) is 0 Å². The molecule has 3 nitrogen and oxygen atoms in total. The normalized spacial score (nSPS) is 10.2. The van der Waals surface area contributed by atoms with Gasteiger partial charge in [0.05, 0.1) is 0 Å². The van der Waals surface area contributed by atoms with Crippen LogP contribution in [0.1, 0.15) is 0 Å². The number of benzene rings is 2. The molecule has 104 valence electrons. The third kappa shape index (κ3) is 4.03. The fourth-order valence-corrected chi connectivity index (χ4v) is 1.80. The zero-order chi connectivity index (χ0) is 14.5. The first kappa shape index (κ1) is 14.5. The standard InChI is InChI=1S/C14H10BrF2NO2/c15-9-1-6-13(12(17)7-9)20-8-14(19)18-11-4-2-10(16)3-5-11/h1-7H,8H2,(H,18,19). The Morgan fingerprint density at radius 3 is 2.50 bits per heavy atom. The molecule has 2 aromatic rings. The maximum Gasteiger partial charge on any atom is 0.262 e. The van der Waals surface area contributed by atoms with E-state index in [9.17, 15) is 13.6 Å². The van der Waals surface area contributed by atoms with Crippen LogP contribution in [0.4, 0.5) is 14.5 Å². The van der Waals surface area contributed by atoms with Crippen LogP contribution in [0.2, 0.25) is 0 Å². The maximum atomic E-state index is 13.4. The van der Waals surface area contributed by atoms with Gasteiger partial charge in [-0.1, -0.05) is 15.9 Å². The van der Waals surface area contributed by atoms with Crippen LogP contribution in [-0.4, -0.2) is 12.5 Å². The number of carbonyl (C=O) groups excluding carboxylic acids is 1. The number of nitrogens with one attached hydrogen (secondary N) is 1. The Labute approximate surface area is 122 Å². The highest BCUT2D eigenvalue weighted by atomic mass is 79.9. The first-order chi connectivity index (χ1) is 9.54. The number of rotatable bonds is 4. The second-order valence-electron chi connectivity index (χ2n) is 3.92. The molecule has 0 atom stereocenters. The Bertz CT molecular complexity index is 617. The molecule has 0 fully saturated rings. The lowest BCUT2D eigenvalue weighted by molar-refractivity contribution is -0.118. The van der Waals surface area contributed by atoms with Gasteiger partial charge in [0, 0.05) is 10.2 Å². The van der Waals surface area contributed by atoms with Gasteiger partial charge in [0.2, 0.25) is 0 Å².